The van der Waals surface area contributed by atoms with Gasteiger partial charge in [0.2, 0.25) is 0 Å². The van der Waals surface area contributed by atoms with Crippen molar-refractivity contribution in [3.8, 4) is 0 Å². The lowest BCUT2D eigenvalue weighted by molar-refractivity contribution is 0.325. The van der Waals surface area contributed by atoms with Crippen LogP contribution in [0.25, 0.3) is 0 Å². The molecule has 22 heavy (non-hydrogen) atoms. The number of rotatable bonds is 11. The van der Waals surface area contributed by atoms with E-state index in [1.165, 1.54) is 30.5 Å². The van der Waals surface area contributed by atoms with E-state index < -0.39 is 0 Å². The van der Waals surface area contributed by atoms with E-state index in [1.807, 2.05) is 19.1 Å². The summed E-state index contributed by atoms with van der Waals surface area (Å²) in [6.07, 6.45) is 8.86. The Morgan fingerprint density at radius 3 is 2.23 bits per heavy atom. The lowest BCUT2D eigenvalue weighted by atomic mass is 9.98. The molecule has 1 nitrogen and oxygen atoms in total. The number of allylic oxidation sites excluding steroid dienone is 4. The Kier molecular flexibility index (Phi) is 11.5. The Hall–Kier alpha value is -0.690. The molecule has 0 saturated carbocycles. The molecule has 0 aliphatic heterocycles. The molecule has 0 saturated heterocycles. The Morgan fingerprint density at radius 2 is 1.82 bits per heavy atom. The molecular formula is C20H36ClN. The van der Waals surface area contributed by atoms with E-state index >= 15 is 0 Å². The summed E-state index contributed by atoms with van der Waals surface area (Å²) in [7, 11) is 0. The van der Waals surface area contributed by atoms with Gasteiger partial charge in [-0.25, -0.2) is 0 Å². The fourth-order valence-electron chi connectivity index (χ4n) is 2.65. The SMILES string of the molecule is C=C/C(=C(\C(Cl)=C/C)N(CCC)CCCC(C)CC)C(C)C. The van der Waals surface area contributed by atoms with E-state index in [0.29, 0.717) is 5.92 Å². The molecular weight excluding hydrogens is 290 g/mol. The first-order valence-electron chi connectivity index (χ1n) is 8.86. The number of nitrogens with zero attached hydrogens (tertiary/aromatic N) is 1. The minimum Gasteiger partial charge on any atom is -0.370 e. The largest absolute Gasteiger partial charge is 0.370 e. The van der Waals surface area contributed by atoms with Gasteiger partial charge in [-0.2, -0.15) is 0 Å². The number of hydrogen-bond donors (Lipinski definition) is 0. The van der Waals surface area contributed by atoms with Crippen LogP contribution in [0.15, 0.2) is 35.0 Å². The summed E-state index contributed by atoms with van der Waals surface area (Å²) in [5.41, 5.74) is 2.43. The van der Waals surface area contributed by atoms with Crippen LogP contribution in [0.1, 0.15) is 67.2 Å². The van der Waals surface area contributed by atoms with Gasteiger partial charge < -0.3 is 4.90 Å². The molecule has 0 aromatic rings. The molecule has 0 aromatic heterocycles. The van der Waals surface area contributed by atoms with Crippen molar-refractivity contribution < 1.29 is 0 Å². The first kappa shape index (κ1) is 21.3. The molecule has 1 atom stereocenters. The summed E-state index contributed by atoms with van der Waals surface area (Å²) >= 11 is 6.56. The van der Waals surface area contributed by atoms with E-state index in [9.17, 15) is 0 Å². The summed E-state index contributed by atoms with van der Waals surface area (Å²) in [5, 5.41) is 0.848. The van der Waals surface area contributed by atoms with Crippen LogP contribution in [-0.4, -0.2) is 18.0 Å². The zero-order valence-electron chi connectivity index (χ0n) is 15.6. The molecule has 0 aromatic carbocycles. The van der Waals surface area contributed by atoms with E-state index in [2.05, 4.69) is 46.1 Å². The third-order valence-electron chi connectivity index (χ3n) is 4.23. The van der Waals surface area contributed by atoms with Crippen molar-refractivity contribution in [2.24, 2.45) is 11.8 Å². The van der Waals surface area contributed by atoms with Gasteiger partial charge >= 0.3 is 0 Å². The minimum absolute atomic E-state index is 0.426. The molecule has 2 heteroatoms. The molecule has 0 aliphatic carbocycles. The molecule has 0 aliphatic rings. The lowest BCUT2D eigenvalue weighted by Crippen LogP contribution is -2.27. The van der Waals surface area contributed by atoms with Crippen molar-refractivity contribution in [1.82, 2.24) is 4.90 Å². The first-order chi connectivity index (χ1) is 10.4. The monoisotopic (exact) mass is 325 g/mol. The van der Waals surface area contributed by atoms with Gasteiger partial charge in [-0.15, -0.1) is 0 Å². The van der Waals surface area contributed by atoms with Crippen molar-refractivity contribution in [3.05, 3.63) is 35.0 Å². The van der Waals surface area contributed by atoms with Crippen molar-refractivity contribution in [2.75, 3.05) is 13.1 Å². The molecule has 0 rings (SSSR count). The van der Waals surface area contributed by atoms with E-state index in [1.54, 1.807) is 0 Å². The van der Waals surface area contributed by atoms with Crippen LogP contribution in [0.2, 0.25) is 0 Å². The smallest absolute Gasteiger partial charge is 0.0599 e. The topological polar surface area (TPSA) is 3.24 Å². The number of halogens is 1. The highest BCUT2D eigenvalue weighted by Gasteiger charge is 2.17. The highest BCUT2D eigenvalue weighted by atomic mass is 35.5. The van der Waals surface area contributed by atoms with Gasteiger partial charge in [0, 0.05) is 13.1 Å². The van der Waals surface area contributed by atoms with Gasteiger partial charge in [-0.1, -0.05) is 71.4 Å². The molecule has 0 fully saturated rings. The fraction of sp³-hybridized carbons (Fsp3) is 0.700. The first-order valence-corrected chi connectivity index (χ1v) is 9.24. The van der Waals surface area contributed by atoms with Crippen LogP contribution < -0.4 is 0 Å². The molecule has 0 spiro atoms. The third kappa shape index (κ3) is 7.05. The van der Waals surface area contributed by atoms with Gasteiger partial charge in [-0.3, -0.25) is 0 Å². The maximum Gasteiger partial charge on any atom is 0.0599 e. The van der Waals surface area contributed by atoms with Crippen molar-refractivity contribution >= 4 is 11.6 Å². The minimum atomic E-state index is 0.426. The van der Waals surface area contributed by atoms with Crippen LogP contribution in [0, 0.1) is 11.8 Å². The molecule has 0 N–H and O–H groups in total. The quantitative estimate of drug-likeness (QED) is 0.379. The highest BCUT2D eigenvalue weighted by Crippen LogP contribution is 2.28. The maximum absolute atomic E-state index is 6.56. The Bertz CT molecular complexity index is 379. The molecule has 128 valence electrons. The Labute approximate surface area is 144 Å². The Morgan fingerprint density at radius 1 is 1.18 bits per heavy atom. The zero-order valence-corrected chi connectivity index (χ0v) is 16.3. The van der Waals surface area contributed by atoms with E-state index in [-0.39, 0.29) is 0 Å². The van der Waals surface area contributed by atoms with Crippen LogP contribution >= 0.6 is 11.6 Å². The van der Waals surface area contributed by atoms with Crippen LogP contribution in [0.5, 0.6) is 0 Å². The van der Waals surface area contributed by atoms with Crippen LogP contribution in [0.4, 0.5) is 0 Å². The number of hydrogen-bond acceptors (Lipinski definition) is 1. The summed E-state index contributed by atoms with van der Waals surface area (Å²) in [4.78, 5) is 2.46. The fourth-order valence-corrected chi connectivity index (χ4v) is 2.88. The predicted octanol–water partition coefficient (Wildman–Crippen LogP) is 6.76. The standard InChI is InChI=1S/C20H36ClN/c1-8-14-22(15-12-13-17(7)9-2)20(19(21)11-4)18(10-3)16(5)6/h10-11,16-17H,3,8-9,12-15H2,1-2,4-7H3/b19-11+,20-18-. The summed E-state index contributed by atoms with van der Waals surface area (Å²) in [6.45, 7) is 19.4. The highest BCUT2D eigenvalue weighted by molar-refractivity contribution is 6.32. The van der Waals surface area contributed by atoms with Crippen LogP contribution in [-0.2, 0) is 0 Å². The predicted molar refractivity (Wildman–Crippen MR) is 102 cm³/mol. The van der Waals surface area contributed by atoms with Crippen LogP contribution in [0.3, 0.4) is 0 Å². The van der Waals surface area contributed by atoms with E-state index in [4.69, 9.17) is 11.6 Å². The molecule has 0 amide bonds. The lowest BCUT2D eigenvalue weighted by Gasteiger charge is -2.30. The Balaban J connectivity index is 5.37. The molecule has 0 radical (unpaired) electrons. The molecule has 1 unspecified atom stereocenters. The third-order valence-corrected chi connectivity index (χ3v) is 4.62. The van der Waals surface area contributed by atoms with E-state index in [0.717, 1.165) is 30.5 Å². The second kappa shape index (κ2) is 11.8. The van der Waals surface area contributed by atoms with Gasteiger partial charge in [-0.05, 0) is 43.6 Å². The zero-order chi connectivity index (χ0) is 17.1. The van der Waals surface area contributed by atoms with Crippen molar-refractivity contribution in [1.29, 1.82) is 0 Å². The molecule has 0 heterocycles. The van der Waals surface area contributed by atoms with Gasteiger partial charge in [0.25, 0.3) is 0 Å². The van der Waals surface area contributed by atoms with Gasteiger partial charge in [0.15, 0.2) is 0 Å². The summed E-state index contributed by atoms with van der Waals surface area (Å²) in [6, 6.07) is 0. The second-order valence-electron chi connectivity index (χ2n) is 6.44. The van der Waals surface area contributed by atoms with Crippen molar-refractivity contribution in [3.63, 3.8) is 0 Å². The average Bonchev–Trinajstić information content (AvgIpc) is 2.50. The molecule has 0 bridgehead atoms. The van der Waals surface area contributed by atoms with Crippen molar-refractivity contribution in [2.45, 2.75) is 67.2 Å². The summed E-state index contributed by atoms with van der Waals surface area (Å²) < 4.78 is 0. The maximum atomic E-state index is 6.56. The average molecular weight is 326 g/mol. The second-order valence-corrected chi connectivity index (χ2v) is 6.85. The van der Waals surface area contributed by atoms with Gasteiger partial charge in [0.05, 0.1) is 10.7 Å². The van der Waals surface area contributed by atoms with Gasteiger partial charge in [0.1, 0.15) is 0 Å². The summed E-state index contributed by atoms with van der Waals surface area (Å²) in [5.74, 6) is 1.23. The normalized spacial score (nSPS) is 14.8.